The van der Waals surface area contributed by atoms with E-state index < -0.39 is 41.7 Å². The van der Waals surface area contributed by atoms with Crippen molar-refractivity contribution in [2.45, 2.75) is 56.1 Å². The lowest BCUT2D eigenvalue weighted by atomic mass is 9.66. The molecule has 2 bridgehead atoms. The van der Waals surface area contributed by atoms with Gasteiger partial charge in [-0.2, -0.15) is 0 Å². The predicted molar refractivity (Wildman–Crippen MR) is 179 cm³/mol. The fraction of sp³-hybridized carbons (Fsp3) is 0.359. The molecule has 3 saturated heterocycles. The van der Waals surface area contributed by atoms with Crippen LogP contribution < -0.4 is 0 Å². The van der Waals surface area contributed by atoms with Crippen molar-refractivity contribution in [1.29, 1.82) is 0 Å². The number of aliphatic hydroxyl groups is 1. The molecule has 0 aromatic heterocycles. The van der Waals surface area contributed by atoms with E-state index in [1.807, 2.05) is 97.9 Å². The third-order valence-electron chi connectivity index (χ3n) is 10.2. The van der Waals surface area contributed by atoms with Gasteiger partial charge in [-0.05, 0) is 36.5 Å². The highest BCUT2D eigenvalue weighted by molar-refractivity contribution is 5.99. The van der Waals surface area contributed by atoms with Gasteiger partial charge >= 0.3 is 0 Å². The van der Waals surface area contributed by atoms with E-state index in [1.54, 1.807) is 22.0 Å². The van der Waals surface area contributed by atoms with Gasteiger partial charge in [0.25, 0.3) is 0 Å². The number of nitrogens with zero attached hydrogens (tertiary/aromatic N) is 3. The molecule has 47 heavy (non-hydrogen) atoms. The molecule has 3 aromatic carbocycles. The Bertz CT molecular complexity index is 1620. The van der Waals surface area contributed by atoms with Gasteiger partial charge in [-0.3, -0.25) is 14.4 Å². The number of aliphatic hydroxyl groups excluding tert-OH is 1. The topological polar surface area (TPSA) is 90.4 Å². The predicted octanol–water partition coefficient (Wildman–Crippen LogP) is 4.91. The molecule has 8 heteroatoms. The molecule has 0 aliphatic carbocycles. The van der Waals surface area contributed by atoms with Crippen LogP contribution in [0, 0.1) is 11.8 Å². The van der Waals surface area contributed by atoms with Crippen molar-refractivity contribution >= 4 is 17.7 Å². The van der Waals surface area contributed by atoms with Crippen molar-refractivity contribution in [3.05, 3.63) is 133 Å². The number of rotatable bonds is 13. The molecule has 3 heterocycles. The van der Waals surface area contributed by atoms with Gasteiger partial charge in [-0.25, -0.2) is 0 Å². The van der Waals surface area contributed by atoms with E-state index in [2.05, 4.69) is 13.2 Å². The maximum absolute atomic E-state index is 14.9. The highest BCUT2D eigenvalue weighted by Crippen LogP contribution is 2.64. The smallest absolute Gasteiger partial charge is 0.249 e. The summed E-state index contributed by atoms with van der Waals surface area (Å²) in [6.45, 7) is 10.5. The summed E-state index contributed by atoms with van der Waals surface area (Å²) in [5, 5.41) is 10.9. The Balaban J connectivity index is 1.44. The van der Waals surface area contributed by atoms with Crippen LogP contribution in [0.15, 0.2) is 116 Å². The molecule has 2 unspecified atom stereocenters. The summed E-state index contributed by atoms with van der Waals surface area (Å²) in [7, 11) is 0. The number of fused-ring (bicyclic) bond motifs is 1. The van der Waals surface area contributed by atoms with Gasteiger partial charge in [-0.15, -0.1) is 13.2 Å². The summed E-state index contributed by atoms with van der Waals surface area (Å²) in [5.41, 5.74) is 0.421. The van der Waals surface area contributed by atoms with Crippen LogP contribution >= 0.6 is 0 Å². The number of likely N-dealkylation sites (tertiary alicyclic amines) is 1. The summed E-state index contributed by atoms with van der Waals surface area (Å²) in [4.78, 5) is 49.5. The molecule has 3 fully saturated rings. The van der Waals surface area contributed by atoms with E-state index in [1.165, 1.54) is 4.90 Å². The summed E-state index contributed by atoms with van der Waals surface area (Å²) in [6, 6.07) is 26.8. The van der Waals surface area contributed by atoms with Crippen molar-refractivity contribution < 1.29 is 24.2 Å². The Morgan fingerprint density at radius 1 is 0.872 bits per heavy atom. The number of amides is 3. The number of carbonyl (C=O) groups is 3. The standard InChI is InChI=1S/C39H43N3O5/c1-4-23-40(25-28-15-9-6-10-16-28)35(44)32-33-36(45)42(31(27-43)30-19-13-8-14-20-30)34(39(33)22-21-38(32,3)47-39)37(46)41(24-5-2)26-29-17-11-7-12-18-29/h4-20,31-34,43H,1-2,21-27H2,3H3/t31-,32+,33+,34?,38-,39?/m1/s1. The first-order valence-electron chi connectivity index (χ1n) is 16.3. The van der Waals surface area contributed by atoms with Gasteiger partial charge in [0.05, 0.1) is 30.1 Å². The van der Waals surface area contributed by atoms with Crippen LogP contribution in [0.25, 0.3) is 0 Å². The molecule has 1 N–H and O–H groups in total. The van der Waals surface area contributed by atoms with Crippen LogP contribution in [-0.4, -0.2) is 74.5 Å². The minimum Gasteiger partial charge on any atom is -0.394 e. The van der Waals surface area contributed by atoms with Crippen molar-refractivity contribution in [3.63, 3.8) is 0 Å². The van der Waals surface area contributed by atoms with Crippen LogP contribution in [0.1, 0.15) is 42.5 Å². The lowest BCUT2D eigenvalue weighted by Gasteiger charge is -2.39. The van der Waals surface area contributed by atoms with Crippen molar-refractivity contribution in [2.24, 2.45) is 11.8 Å². The van der Waals surface area contributed by atoms with Gasteiger partial charge in [0.15, 0.2) is 0 Å². The first kappa shape index (κ1) is 32.4. The fourth-order valence-corrected chi connectivity index (χ4v) is 8.14. The second-order valence-electron chi connectivity index (χ2n) is 13.1. The zero-order valence-electron chi connectivity index (χ0n) is 26.9. The van der Waals surface area contributed by atoms with E-state index in [9.17, 15) is 19.5 Å². The molecule has 3 aliphatic heterocycles. The fourth-order valence-electron chi connectivity index (χ4n) is 8.14. The lowest BCUT2D eigenvalue weighted by Crippen LogP contribution is -2.57. The van der Waals surface area contributed by atoms with Gasteiger partial charge in [0.1, 0.15) is 11.6 Å². The average Bonchev–Trinajstić information content (AvgIpc) is 3.66. The van der Waals surface area contributed by atoms with Crippen LogP contribution in [0.4, 0.5) is 0 Å². The third kappa shape index (κ3) is 5.70. The first-order valence-corrected chi connectivity index (χ1v) is 16.3. The van der Waals surface area contributed by atoms with Gasteiger partial charge in [0, 0.05) is 26.2 Å². The molecular weight excluding hydrogens is 590 g/mol. The number of ether oxygens (including phenoxy) is 1. The third-order valence-corrected chi connectivity index (χ3v) is 10.2. The van der Waals surface area contributed by atoms with E-state index in [0.29, 0.717) is 38.0 Å². The molecule has 6 rings (SSSR count). The molecule has 1 spiro atoms. The Morgan fingerprint density at radius 3 is 1.89 bits per heavy atom. The molecule has 0 saturated carbocycles. The van der Waals surface area contributed by atoms with E-state index in [0.717, 1.165) is 11.1 Å². The average molecular weight is 634 g/mol. The molecule has 0 radical (unpaired) electrons. The largest absolute Gasteiger partial charge is 0.394 e. The maximum atomic E-state index is 14.9. The number of hydrogen-bond donors (Lipinski definition) is 1. The zero-order valence-corrected chi connectivity index (χ0v) is 26.9. The maximum Gasteiger partial charge on any atom is 0.249 e. The van der Waals surface area contributed by atoms with Crippen LogP contribution in [0.3, 0.4) is 0 Å². The summed E-state index contributed by atoms with van der Waals surface area (Å²) in [5.74, 6) is -2.54. The molecule has 6 atom stereocenters. The molecule has 3 aliphatic rings. The Labute approximate surface area is 276 Å². The highest BCUT2D eigenvalue weighted by Gasteiger charge is 2.79. The highest BCUT2D eigenvalue weighted by atomic mass is 16.5. The second-order valence-corrected chi connectivity index (χ2v) is 13.1. The van der Waals surface area contributed by atoms with E-state index >= 15 is 0 Å². The van der Waals surface area contributed by atoms with Crippen molar-refractivity contribution in [3.8, 4) is 0 Å². The Hall–Kier alpha value is -4.53. The quantitative estimate of drug-likeness (QED) is 0.270. The van der Waals surface area contributed by atoms with Crippen LogP contribution in [0.5, 0.6) is 0 Å². The second kappa shape index (κ2) is 13.3. The van der Waals surface area contributed by atoms with Crippen molar-refractivity contribution in [1.82, 2.24) is 14.7 Å². The summed E-state index contributed by atoms with van der Waals surface area (Å²) in [6.07, 6.45) is 4.33. The number of carbonyl (C=O) groups excluding carboxylic acids is 3. The first-order chi connectivity index (χ1) is 22.8. The van der Waals surface area contributed by atoms with Crippen LogP contribution in [0.2, 0.25) is 0 Å². The zero-order chi connectivity index (χ0) is 33.2. The monoisotopic (exact) mass is 633 g/mol. The Morgan fingerprint density at radius 2 is 1.38 bits per heavy atom. The number of benzene rings is 3. The minimum absolute atomic E-state index is 0.197. The lowest BCUT2D eigenvalue weighted by molar-refractivity contribution is -0.157. The Kier molecular flexibility index (Phi) is 9.17. The molecule has 244 valence electrons. The van der Waals surface area contributed by atoms with Crippen LogP contribution in [-0.2, 0) is 32.2 Å². The molecule has 3 aromatic rings. The summed E-state index contributed by atoms with van der Waals surface area (Å²) >= 11 is 0. The molecule has 8 nitrogen and oxygen atoms in total. The number of hydrogen-bond acceptors (Lipinski definition) is 5. The minimum atomic E-state index is -1.24. The SMILES string of the molecule is C=CCN(Cc1ccccc1)C(=O)C1N([C@H](CO)c2ccccc2)C(=O)[C@@H]2[C@@H](C(=O)N(CC=C)Cc3ccccc3)[C@@]3(C)CCC12O3. The van der Waals surface area contributed by atoms with Gasteiger partial charge in [-0.1, -0.05) is 103 Å². The molecule has 3 amide bonds. The van der Waals surface area contributed by atoms with Crippen molar-refractivity contribution in [2.75, 3.05) is 19.7 Å². The summed E-state index contributed by atoms with van der Waals surface area (Å²) < 4.78 is 6.94. The van der Waals surface area contributed by atoms with Gasteiger partial charge in [0.2, 0.25) is 17.7 Å². The van der Waals surface area contributed by atoms with Gasteiger partial charge < -0.3 is 24.5 Å². The molecular formula is C39H43N3O5. The van der Waals surface area contributed by atoms with E-state index in [-0.39, 0.29) is 24.3 Å². The van der Waals surface area contributed by atoms with E-state index in [4.69, 9.17) is 4.74 Å². The normalized spacial score (nSPS) is 26.5.